The zero-order valence-corrected chi connectivity index (χ0v) is 11.4. The van der Waals surface area contributed by atoms with Crippen molar-refractivity contribution in [2.45, 2.75) is 58.4 Å². The minimum atomic E-state index is 0.600. The SMILES string of the molecule is CC1CC(C)CC(Nc2ncnc3c2CCC3)C1. The third-order valence-corrected chi connectivity index (χ3v) is 4.39. The standard InChI is InChI=1S/C15H23N3/c1-10-6-11(2)8-12(7-10)18-15-13-4-3-5-14(13)16-9-17-15/h9-12H,3-8H2,1-2H3,(H,16,17,18). The smallest absolute Gasteiger partial charge is 0.133 e. The maximum atomic E-state index is 4.47. The van der Waals surface area contributed by atoms with E-state index in [4.69, 9.17) is 0 Å². The molecule has 0 radical (unpaired) electrons. The molecular weight excluding hydrogens is 222 g/mol. The van der Waals surface area contributed by atoms with Gasteiger partial charge in [-0.25, -0.2) is 9.97 Å². The molecule has 1 saturated carbocycles. The van der Waals surface area contributed by atoms with Crippen molar-refractivity contribution >= 4 is 5.82 Å². The maximum absolute atomic E-state index is 4.47. The second-order valence-electron chi connectivity index (χ2n) is 6.26. The zero-order valence-electron chi connectivity index (χ0n) is 11.4. The van der Waals surface area contributed by atoms with Crippen LogP contribution in [0.25, 0.3) is 0 Å². The Hall–Kier alpha value is -1.12. The van der Waals surface area contributed by atoms with Gasteiger partial charge in [-0.3, -0.25) is 0 Å². The number of anilines is 1. The van der Waals surface area contributed by atoms with E-state index in [-0.39, 0.29) is 0 Å². The average molecular weight is 245 g/mol. The molecule has 18 heavy (non-hydrogen) atoms. The summed E-state index contributed by atoms with van der Waals surface area (Å²) in [7, 11) is 0. The molecule has 3 heteroatoms. The summed E-state index contributed by atoms with van der Waals surface area (Å²) < 4.78 is 0. The Morgan fingerprint density at radius 3 is 2.61 bits per heavy atom. The second-order valence-corrected chi connectivity index (χ2v) is 6.26. The molecule has 1 N–H and O–H groups in total. The van der Waals surface area contributed by atoms with Gasteiger partial charge >= 0.3 is 0 Å². The van der Waals surface area contributed by atoms with Gasteiger partial charge in [0, 0.05) is 17.3 Å². The van der Waals surface area contributed by atoms with Crippen LogP contribution in [0.1, 0.15) is 50.8 Å². The van der Waals surface area contributed by atoms with Gasteiger partial charge in [0.15, 0.2) is 0 Å². The molecule has 1 fully saturated rings. The predicted octanol–water partition coefficient (Wildman–Crippen LogP) is 3.20. The highest BCUT2D eigenvalue weighted by molar-refractivity contribution is 5.48. The van der Waals surface area contributed by atoms with Crippen molar-refractivity contribution in [2.75, 3.05) is 5.32 Å². The van der Waals surface area contributed by atoms with E-state index >= 15 is 0 Å². The summed E-state index contributed by atoms with van der Waals surface area (Å²) in [4.78, 5) is 8.86. The third kappa shape index (κ3) is 2.36. The highest BCUT2D eigenvalue weighted by Gasteiger charge is 2.25. The summed E-state index contributed by atoms with van der Waals surface area (Å²) in [5, 5.41) is 3.69. The van der Waals surface area contributed by atoms with E-state index < -0.39 is 0 Å². The largest absolute Gasteiger partial charge is 0.367 e. The van der Waals surface area contributed by atoms with E-state index in [9.17, 15) is 0 Å². The number of aromatic nitrogens is 2. The normalized spacial score (nSPS) is 31.1. The van der Waals surface area contributed by atoms with Crippen LogP contribution in [-0.2, 0) is 12.8 Å². The molecule has 1 heterocycles. The van der Waals surface area contributed by atoms with Gasteiger partial charge in [0.2, 0.25) is 0 Å². The summed E-state index contributed by atoms with van der Waals surface area (Å²) in [5.41, 5.74) is 2.65. The number of hydrogen-bond acceptors (Lipinski definition) is 3. The molecule has 0 saturated heterocycles. The van der Waals surface area contributed by atoms with Crippen molar-refractivity contribution in [3.63, 3.8) is 0 Å². The van der Waals surface area contributed by atoms with Crippen LogP contribution in [0, 0.1) is 11.8 Å². The topological polar surface area (TPSA) is 37.8 Å². The first-order valence-corrected chi connectivity index (χ1v) is 7.31. The lowest BCUT2D eigenvalue weighted by Gasteiger charge is -2.32. The fourth-order valence-corrected chi connectivity index (χ4v) is 3.74. The monoisotopic (exact) mass is 245 g/mol. The summed E-state index contributed by atoms with van der Waals surface area (Å²) in [6, 6.07) is 0.600. The molecule has 2 aliphatic rings. The van der Waals surface area contributed by atoms with Crippen molar-refractivity contribution in [2.24, 2.45) is 11.8 Å². The lowest BCUT2D eigenvalue weighted by Crippen LogP contribution is -2.31. The fourth-order valence-electron chi connectivity index (χ4n) is 3.74. The van der Waals surface area contributed by atoms with Crippen molar-refractivity contribution < 1.29 is 0 Å². The molecule has 98 valence electrons. The minimum absolute atomic E-state index is 0.600. The number of fused-ring (bicyclic) bond motifs is 1. The molecule has 3 rings (SSSR count). The van der Waals surface area contributed by atoms with Crippen molar-refractivity contribution in [3.05, 3.63) is 17.6 Å². The Kier molecular flexibility index (Phi) is 3.23. The van der Waals surface area contributed by atoms with Gasteiger partial charge in [-0.15, -0.1) is 0 Å². The Bertz CT molecular complexity index is 420. The van der Waals surface area contributed by atoms with Gasteiger partial charge in [0.1, 0.15) is 12.1 Å². The van der Waals surface area contributed by atoms with E-state index in [0.717, 1.165) is 30.5 Å². The molecule has 2 unspecified atom stereocenters. The van der Waals surface area contributed by atoms with Gasteiger partial charge in [-0.05, 0) is 50.4 Å². The third-order valence-electron chi connectivity index (χ3n) is 4.39. The maximum Gasteiger partial charge on any atom is 0.133 e. The van der Waals surface area contributed by atoms with E-state index in [1.54, 1.807) is 6.33 Å². The fraction of sp³-hybridized carbons (Fsp3) is 0.733. The molecule has 0 aromatic carbocycles. The first-order valence-electron chi connectivity index (χ1n) is 7.31. The van der Waals surface area contributed by atoms with Crippen molar-refractivity contribution in [1.82, 2.24) is 9.97 Å². The van der Waals surface area contributed by atoms with Crippen molar-refractivity contribution in [1.29, 1.82) is 0 Å². The molecule has 2 atom stereocenters. The van der Waals surface area contributed by atoms with E-state index in [0.29, 0.717) is 6.04 Å². The van der Waals surface area contributed by atoms with Crippen LogP contribution >= 0.6 is 0 Å². The highest BCUT2D eigenvalue weighted by atomic mass is 15.0. The van der Waals surface area contributed by atoms with E-state index in [1.807, 2.05) is 0 Å². The van der Waals surface area contributed by atoms with E-state index in [2.05, 4.69) is 29.1 Å². The molecule has 0 aliphatic heterocycles. The van der Waals surface area contributed by atoms with Gasteiger partial charge in [0.25, 0.3) is 0 Å². The number of aryl methyl sites for hydroxylation is 1. The molecule has 1 aromatic heterocycles. The molecule has 0 bridgehead atoms. The average Bonchev–Trinajstić information content (AvgIpc) is 2.76. The van der Waals surface area contributed by atoms with Crippen LogP contribution < -0.4 is 5.32 Å². The highest BCUT2D eigenvalue weighted by Crippen LogP contribution is 2.32. The van der Waals surface area contributed by atoms with E-state index in [1.165, 1.54) is 36.9 Å². The van der Waals surface area contributed by atoms with Gasteiger partial charge < -0.3 is 5.32 Å². The lowest BCUT2D eigenvalue weighted by molar-refractivity contribution is 0.280. The first-order chi connectivity index (χ1) is 8.72. The predicted molar refractivity (Wildman–Crippen MR) is 73.6 cm³/mol. The number of hydrogen-bond donors (Lipinski definition) is 1. The summed E-state index contributed by atoms with van der Waals surface area (Å²) in [6.07, 6.45) is 9.18. The molecule has 1 aromatic rings. The van der Waals surface area contributed by atoms with Crippen LogP contribution in [0.2, 0.25) is 0 Å². The van der Waals surface area contributed by atoms with Crippen LogP contribution in [0.15, 0.2) is 6.33 Å². The number of nitrogens with zero attached hydrogens (tertiary/aromatic N) is 2. The Balaban J connectivity index is 1.75. The Morgan fingerprint density at radius 1 is 1.06 bits per heavy atom. The summed E-state index contributed by atoms with van der Waals surface area (Å²) >= 11 is 0. The zero-order chi connectivity index (χ0) is 12.5. The minimum Gasteiger partial charge on any atom is -0.367 e. The van der Waals surface area contributed by atoms with Crippen LogP contribution in [-0.4, -0.2) is 16.0 Å². The van der Waals surface area contributed by atoms with Gasteiger partial charge in [-0.2, -0.15) is 0 Å². The molecule has 0 spiro atoms. The van der Waals surface area contributed by atoms with Gasteiger partial charge in [-0.1, -0.05) is 13.8 Å². The van der Waals surface area contributed by atoms with Crippen molar-refractivity contribution in [3.8, 4) is 0 Å². The summed E-state index contributed by atoms with van der Waals surface area (Å²) in [5.74, 6) is 2.78. The molecule has 3 nitrogen and oxygen atoms in total. The Labute approximate surface area is 109 Å². The molecular formula is C15H23N3. The van der Waals surface area contributed by atoms with Gasteiger partial charge in [0.05, 0.1) is 0 Å². The molecule has 0 amide bonds. The van der Waals surface area contributed by atoms with Crippen LogP contribution in [0.3, 0.4) is 0 Å². The molecule has 2 aliphatic carbocycles. The Morgan fingerprint density at radius 2 is 1.83 bits per heavy atom. The first kappa shape index (κ1) is 11.9. The summed E-state index contributed by atoms with van der Waals surface area (Å²) in [6.45, 7) is 4.74. The van der Waals surface area contributed by atoms with Crippen LogP contribution in [0.5, 0.6) is 0 Å². The lowest BCUT2D eigenvalue weighted by atomic mass is 9.80. The quantitative estimate of drug-likeness (QED) is 0.869. The van der Waals surface area contributed by atoms with Crippen LogP contribution in [0.4, 0.5) is 5.82 Å². The number of rotatable bonds is 2. The number of nitrogens with one attached hydrogen (secondary N) is 1. The second kappa shape index (κ2) is 4.87.